The number of aliphatic carboxylic acids is 1. The van der Waals surface area contributed by atoms with Gasteiger partial charge in [-0.15, -0.1) is 0 Å². The summed E-state index contributed by atoms with van der Waals surface area (Å²) in [4.78, 5) is 38.2. The van der Waals surface area contributed by atoms with Crippen molar-refractivity contribution in [2.75, 3.05) is 13.6 Å². The molecule has 2 N–H and O–H groups in total. The van der Waals surface area contributed by atoms with Gasteiger partial charge in [-0.2, -0.15) is 0 Å². The quantitative estimate of drug-likeness (QED) is 0.171. The van der Waals surface area contributed by atoms with Crippen LogP contribution in [-0.2, 0) is 17.8 Å². The number of nitrogens with one attached hydrogen (secondary N) is 1. The molecule has 0 fully saturated rings. The lowest BCUT2D eigenvalue weighted by molar-refractivity contribution is -0.141. The lowest BCUT2D eigenvalue weighted by Gasteiger charge is -2.23. The van der Waals surface area contributed by atoms with E-state index in [0.29, 0.717) is 17.7 Å². The van der Waals surface area contributed by atoms with Crippen molar-refractivity contribution < 1.29 is 19.5 Å². The molecular weight excluding hydrogens is 500 g/mol. The molecule has 0 amide bonds. The fourth-order valence-corrected chi connectivity index (χ4v) is 4.36. The first kappa shape index (κ1) is 28.2. The minimum atomic E-state index is -0.964. The van der Waals surface area contributed by atoms with E-state index in [0.717, 1.165) is 22.3 Å². The molecule has 4 aromatic carbocycles. The fourth-order valence-electron chi connectivity index (χ4n) is 4.36. The van der Waals surface area contributed by atoms with E-state index in [1.165, 1.54) is 12.3 Å². The number of hydrogen-bond acceptors (Lipinski definition) is 5. The number of carboxylic acids is 1. The van der Waals surface area contributed by atoms with Gasteiger partial charge in [-0.25, -0.2) is 4.79 Å². The summed E-state index contributed by atoms with van der Waals surface area (Å²) in [6, 6.07) is 33.2. The second-order valence-electron chi connectivity index (χ2n) is 9.56. The van der Waals surface area contributed by atoms with E-state index >= 15 is 0 Å². The minimum Gasteiger partial charge on any atom is -0.480 e. The molecule has 0 radical (unpaired) electrons. The van der Waals surface area contributed by atoms with Crippen LogP contribution in [0.3, 0.4) is 0 Å². The van der Waals surface area contributed by atoms with E-state index in [2.05, 4.69) is 11.4 Å². The Morgan fingerprint density at radius 2 is 1.43 bits per heavy atom. The summed E-state index contributed by atoms with van der Waals surface area (Å²) in [6.45, 7) is 0.829. The molecule has 4 aromatic rings. The SMILES string of the molecule is CN(C=CC(=O)c1ccccc1)[C@@H](Cc1ccc(-c2cccc(CNCC(=O)c3ccccc3)c2)cc1)C(=O)O. The van der Waals surface area contributed by atoms with Crippen LogP contribution in [0.25, 0.3) is 11.1 Å². The maximum absolute atomic E-state index is 12.4. The molecule has 0 bridgehead atoms. The average molecular weight is 533 g/mol. The van der Waals surface area contributed by atoms with Crippen molar-refractivity contribution in [2.45, 2.75) is 19.0 Å². The maximum Gasteiger partial charge on any atom is 0.326 e. The van der Waals surface area contributed by atoms with Crippen molar-refractivity contribution in [1.82, 2.24) is 10.2 Å². The van der Waals surface area contributed by atoms with Crippen LogP contribution < -0.4 is 5.32 Å². The Bertz CT molecular complexity index is 1470. The molecule has 40 heavy (non-hydrogen) atoms. The maximum atomic E-state index is 12.4. The molecule has 4 rings (SSSR count). The van der Waals surface area contributed by atoms with E-state index in [9.17, 15) is 19.5 Å². The number of benzene rings is 4. The van der Waals surface area contributed by atoms with Crippen LogP contribution in [0.15, 0.2) is 121 Å². The Hall–Kier alpha value is -4.81. The summed E-state index contributed by atoms with van der Waals surface area (Å²) < 4.78 is 0. The Morgan fingerprint density at radius 3 is 2.08 bits per heavy atom. The van der Waals surface area contributed by atoms with Crippen LogP contribution >= 0.6 is 0 Å². The van der Waals surface area contributed by atoms with Crippen molar-refractivity contribution in [1.29, 1.82) is 0 Å². The van der Waals surface area contributed by atoms with Crippen LogP contribution in [0.4, 0.5) is 0 Å². The molecule has 202 valence electrons. The lowest BCUT2D eigenvalue weighted by Crippen LogP contribution is -2.37. The van der Waals surface area contributed by atoms with E-state index in [1.807, 2.05) is 78.9 Å². The highest BCUT2D eigenvalue weighted by Gasteiger charge is 2.21. The van der Waals surface area contributed by atoms with Gasteiger partial charge in [-0.05, 0) is 28.3 Å². The van der Waals surface area contributed by atoms with Gasteiger partial charge in [-0.1, -0.05) is 103 Å². The second-order valence-corrected chi connectivity index (χ2v) is 9.56. The van der Waals surface area contributed by atoms with Gasteiger partial charge in [0, 0.05) is 43.4 Å². The number of Topliss-reactive ketones (excluding diaryl/α,β-unsaturated/α-hetero) is 1. The van der Waals surface area contributed by atoms with Crippen molar-refractivity contribution in [3.8, 4) is 11.1 Å². The number of carboxylic acid groups (broad SMARTS) is 1. The molecule has 0 saturated carbocycles. The molecule has 1 atom stereocenters. The first-order chi connectivity index (χ1) is 19.4. The third-order valence-electron chi connectivity index (χ3n) is 6.65. The Labute approximate surface area is 234 Å². The van der Waals surface area contributed by atoms with E-state index in [1.54, 1.807) is 36.2 Å². The van der Waals surface area contributed by atoms with Crippen molar-refractivity contribution in [2.24, 2.45) is 0 Å². The Morgan fingerprint density at radius 1 is 0.775 bits per heavy atom. The smallest absolute Gasteiger partial charge is 0.326 e. The van der Waals surface area contributed by atoms with Gasteiger partial charge in [0.05, 0.1) is 6.54 Å². The second kappa shape index (κ2) is 13.8. The van der Waals surface area contributed by atoms with E-state index in [-0.39, 0.29) is 24.5 Å². The van der Waals surface area contributed by atoms with Crippen LogP contribution in [0.1, 0.15) is 31.8 Å². The molecule has 0 aliphatic rings. The molecule has 0 unspecified atom stereocenters. The minimum absolute atomic E-state index is 0.0518. The molecule has 0 spiro atoms. The molecular formula is C34H32N2O4. The zero-order valence-corrected chi connectivity index (χ0v) is 22.4. The van der Waals surface area contributed by atoms with Gasteiger partial charge in [0.25, 0.3) is 0 Å². The summed E-state index contributed by atoms with van der Waals surface area (Å²) in [7, 11) is 1.66. The number of allylic oxidation sites excluding steroid dienone is 1. The summed E-state index contributed by atoms with van der Waals surface area (Å²) in [5.41, 5.74) is 5.23. The van der Waals surface area contributed by atoms with Gasteiger partial charge >= 0.3 is 5.97 Å². The zero-order valence-electron chi connectivity index (χ0n) is 22.4. The highest BCUT2D eigenvalue weighted by Crippen LogP contribution is 2.22. The molecule has 0 aliphatic heterocycles. The van der Waals surface area contributed by atoms with Gasteiger partial charge in [-0.3, -0.25) is 9.59 Å². The largest absolute Gasteiger partial charge is 0.480 e. The summed E-state index contributed by atoms with van der Waals surface area (Å²) in [5, 5.41) is 13.1. The zero-order chi connectivity index (χ0) is 28.3. The van der Waals surface area contributed by atoms with Crippen molar-refractivity contribution in [3.05, 3.63) is 144 Å². The topological polar surface area (TPSA) is 86.7 Å². The van der Waals surface area contributed by atoms with E-state index < -0.39 is 12.0 Å². The summed E-state index contributed by atoms with van der Waals surface area (Å²) >= 11 is 0. The van der Waals surface area contributed by atoms with E-state index in [4.69, 9.17) is 0 Å². The number of carbonyl (C=O) groups excluding carboxylic acids is 2. The van der Waals surface area contributed by atoms with Gasteiger partial charge < -0.3 is 15.3 Å². The van der Waals surface area contributed by atoms with Crippen LogP contribution in [0, 0.1) is 0 Å². The number of nitrogens with zero attached hydrogens (tertiary/aromatic N) is 1. The summed E-state index contributed by atoms with van der Waals surface area (Å²) in [5.74, 6) is -1.09. The number of carbonyl (C=O) groups is 3. The van der Waals surface area contributed by atoms with Crippen molar-refractivity contribution >= 4 is 17.5 Å². The van der Waals surface area contributed by atoms with Gasteiger partial charge in [0.1, 0.15) is 6.04 Å². The fraction of sp³-hybridized carbons (Fsp3) is 0.147. The molecule has 0 aromatic heterocycles. The molecule has 0 aliphatic carbocycles. The third-order valence-corrected chi connectivity index (χ3v) is 6.65. The predicted octanol–water partition coefficient (Wildman–Crippen LogP) is 5.65. The van der Waals surface area contributed by atoms with Crippen LogP contribution in [0.2, 0.25) is 0 Å². The Balaban J connectivity index is 1.35. The van der Waals surface area contributed by atoms with Gasteiger partial charge in [0.15, 0.2) is 11.6 Å². The molecule has 6 heteroatoms. The predicted molar refractivity (Wildman–Crippen MR) is 157 cm³/mol. The molecule has 0 heterocycles. The average Bonchev–Trinajstić information content (AvgIpc) is 2.99. The van der Waals surface area contributed by atoms with Crippen LogP contribution in [-0.4, -0.2) is 47.2 Å². The van der Waals surface area contributed by atoms with Gasteiger partial charge in [0.2, 0.25) is 0 Å². The molecule has 0 saturated heterocycles. The molecule has 6 nitrogen and oxygen atoms in total. The number of rotatable bonds is 13. The highest BCUT2D eigenvalue weighted by molar-refractivity contribution is 6.04. The van der Waals surface area contributed by atoms with Crippen molar-refractivity contribution in [3.63, 3.8) is 0 Å². The monoisotopic (exact) mass is 532 g/mol. The highest BCUT2D eigenvalue weighted by atomic mass is 16.4. The number of ketones is 2. The number of likely N-dealkylation sites (N-methyl/N-ethyl adjacent to an activating group) is 1. The lowest BCUT2D eigenvalue weighted by atomic mass is 9.99. The third kappa shape index (κ3) is 7.85. The van der Waals surface area contributed by atoms with Crippen LogP contribution in [0.5, 0.6) is 0 Å². The number of hydrogen-bond donors (Lipinski definition) is 2. The first-order valence-corrected chi connectivity index (χ1v) is 13.1. The summed E-state index contributed by atoms with van der Waals surface area (Å²) in [6.07, 6.45) is 3.21. The normalized spacial score (nSPS) is 11.7. The first-order valence-electron chi connectivity index (χ1n) is 13.1. The Kier molecular flexibility index (Phi) is 9.75. The standard InChI is InChI=1S/C34H32N2O4/c1-36(20-19-32(37)28-10-4-2-5-11-28)31(34(39)40)22-25-15-17-27(18-16-25)30-14-8-9-26(21-30)23-35-24-33(38)29-12-6-3-7-13-29/h2-21,31,35H,22-24H2,1H3,(H,39,40)/t31-/m0/s1.